The molecule has 1 aromatic carbocycles. The lowest BCUT2D eigenvalue weighted by Crippen LogP contribution is -2.01. The monoisotopic (exact) mass is 306 g/mol. The number of ether oxygens (including phenoxy) is 1. The average molecular weight is 306 g/mol. The van der Waals surface area contributed by atoms with Gasteiger partial charge in [-0.05, 0) is 43.5 Å². The number of hydrogen-bond donors (Lipinski definition) is 0. The van der Waals surface area contributed by atoms with Crippen molar-refractivity contribution in [1.82, 2.24) is 9.38 Å². The van der Waals surface area contributed by atoms with Gasteiger partial charge >= 0.3 is 6.61 Å². The van der Waals surface area contributed by atoms with Gasteiger partial charge in [-0.25, -0.2) is 4.98 Å². The zero-order chi connectivity index (χ0) is 14.4. The lowest BCUT2D eigenvalue weighted by Gasteiger charge is -2.04. The molecule has 0 fully saturated rings. The van der Waals surface area contributed by atoms with E-state index in [1.165, 1.54) is 17.0 Å². The summed E-state index contributed by atoms with van der Waals surface area (Å²) in [5.74, 6) is 0.163. The smallest absolute Gasteiger partial charge is 0.387 e. The molecule has 0 radical (unpaired) electrons. The molecule has 2 aromatic heterocycles. The minimum atomic E-state index is -2.80. The van der Waals surface area contributed by atoms with Crippen LogP contribution >= 0.6 is 11.3 Å². The molecule has 0 amide bonds. The fraction of sp³-hybridized carbons (Fsp3) is 0.267. The third kappa shape index (κ3) is 2.19. The van der Waals surface area contributed by atoms with Crippen LogP contribution in [0.15, 0.2) is 30.5 Å². The predicted octanol–water partition coefficient (Wildman–Crippen LogP) is 4.15. The van der Waals surface area contributed by atoms with Crippen molar-refractivity contribution < 1.29 is 13.5 Å². The molecule has 108 valence electrons. The van der Waals surface area contributed by atoms with E-state index in [0.717, 1.165) is 29.1 Å². The van der Waals surface area contributed by atoms with E-state index in [0.29, 0.717) is 0 Å². The highest BCUT2D eigenvalue weighted by Gasteiger charge is 2.19. The summed E-state index contributed by atoms with van der Waals surface area (Å²) in [5.41, 5.74) is 3.13. The summed E-state index contributed by atoms with van der Waals surface area (Å²) in [6.07, 6.45) is 5.49. The van der Waals surface area contributed by atoms with Gasteiger partial charge in [-0.1, -0.05) is 0 Å². The molecule has 3 nitrogen and oxygen atoms in total. The van der Waals surface area contributed by atoms with Gasteiger partial charge in [0, 0.05) is 22.3 Å². The molecule has 0 saturated carbocycles. The van der Waals surface area contributed by atoms with Crippen LogP contribution in [0.4, 0.5) is 8.78 Å². The molecule has 6 heteroatoms. The van der Waals surface area contributed by atoms with Crippen LogP contribution in [-0.2, 0) is 12.8 Å². The lowest BCUT2D eigenvalue weighted by atomic mass is 10.2. The Balaban J connectivity index is 1.68. The second-order valence-corrected chi connectivity index (χ2v) is 6.07. The van der Waals surface area contributed by atoms with E-state index in [1.54, 1.807) is 35.6 Å². The fourth-order valence-corrected chi connectivity index (χ4v) is 3.94. The zero-order valence-electron chi connectivity index (χ0n) is 11.1. The highest BCUT2D eigenvalue weighted by Crippen LogP contribution is 2.33. The molecule has 0 aliphatic heterocycles. The van der Waals surface area contributed by atoms with Crippen LogP contribution in [0.3, 0.4) is 0 Å². The summed E-state index contributed by atoms with van der Waals surface area (Å²) in [5, 5.41) is 0. The molecule has 0 spiro atoms. The van der Waals surface area contributed by atoms with Crippen LogP contribution in [0, 0.1) is 0 Å². The van der Waals surface area contributed by atoms with Crippen LogP contribution in [0.5, 0.6) is 5.75 Å². The summed E-state index contributed by atoms with van der Waals surface area (Å²) in [6, 6.07) is 6.59. The number of rotatable bonds is 3. The first-order valence-electron chi connectivity index (χ1n) is 6.75. The molecule has 0 atom stereocenters. The number of nitrogens with zero attached hydrogens (tertiary/aromatic N) is 2. The van der Waals surface area contributed by atoms with Crippen molar-refractivity contribution in [3.05, 3.63) is 41.0 Å². The standard InChI is InChI=1S/C15H12F2N2OS/c16-14(17)20-10-6-4-9(5-7-10)11-8-19-12-2-1-3-13(12)21-15(19)18-11/h4-8,14H,1-3H2. The Bertz CT molecular complexity index is 792. The van der Waals surface area contributed by atoms with E-state index in [1.807, 2.05) is 6.20 Å². The first kappa shape index (κ1) is 12.8. The van der Waals surface area contributed by atoms with E-state index in [-0.39, 0.29) is 5.75 Å². The van der Waals surface area contributed by atoms with Gasteiger partial charge in [0.1, 0.15) is 5.75 Å². The van der Waals surface area contributed by atoms with Crippen LogP contribution in [0.2, 0.25) is 0 Å². The molecule has 0 saturated heterocycles. The highest BCUT2D eigenvalue weighted by atomic mass is 32.1. The maximum Gasteiger partial charge on any atom is 0.387 e. The summed E-state index contributed by atoms with van der Waals surface area (Å²) in [7, 11) is 0. The maximum atomic E-state index is 12.1. The topological polar surface area (TPSA) is 26.5 Å². The highest BCUT2D eigenvalue weighted by molar-refractivity contribution is 7.17. The largest absolute Gasteiger partial charge is 0.435 e. The lowest BCUT2D eigenvalue weighted by molar-refractivity contribution is -0.0498. The van der Waals surface area contributed by atoms with Crippen LogP contribution < -0.4 is 4.74 Å². The summed E-state index contributed by atoms with van der Waals surface area (Å²) in [6.45, 7) is -2.80. The second-order valence-electron chi connectivity index (χ2n) is 5.01. The number of imidazole rings is 1. The van der Waals surface area contributed by atoms with Gasteiger partial charge in [0.2, 0.25) is 0 Å². The Morgan fingerprint density at radius 3 is 2.76 bits per heavy atom. The van der Waals surface area contributed by atoms with Gasteiger partial charge in [-0.2, -0.15) is 8.78 Å². The van der Waals surface area contributed by atoms with Crippen molar-refractivity contribution in [2.75, 3.05) is 0 Å². The molecule has 0 unspecified atom stereocenters. The summed E-state index contributed by atoms with van der Waals surface area (Å²) in [4.78, 5) is 7.07. The van der Waals surface area contributed by atoms with E-state index >= 15 is 0 Å². The number of halogens is 2. The Morgan fingerprint density at radius 2 is 2.00 bits per heavy atom. The number of aromatic nitrogens is 2. The number of hydrogen-bond acceptors (Lipinski definition) is 3. The van der Waals surface area contributed by atoms with Crippen LogP contribution in [0.25, 0.3) is 16.2 Å². The molecule has 0 bridgehead atoms. The van der Waals surface area contributed by atoms with Crippen molar-refractivity contribution in [2.45, 2.75) is 25.9 Å². The molecule has 0 N–H and O–H groups in total. The first-order chi connectivity index (χ1) is 10.2. The van der Waals surface area contributed by atoms with E-state index in [2.05, 4.69) is 14.1 Å². The quantitative estimate of drug-likeness (QED) is 0.726. The molecular weight excluding hydrogens is 294 g/mol. The Hall–Kier alpha value is -1.95. The number of fused-ring (bicyclic) bond motifs is 3. The maximum absolute atomic E-state index is 12.1. The first-order valence-corrected chi connectivity index (χ1v) is 7.57. The van der Waals surface area contributed by atoms with Gasteiger partial charge in [-0.3, -0.25) is 4.40 Å². The minimum absolute atomic E-state index is 0.163. The number of alkyl halides is 2. The molecule has 3 aromatic rings. The van der Waals surface area contributed by atoms with Crippen molar-refractivity contribution in [3.63, 3.8) is 0 Å². The molecule has 4 rings (SSSR count). The van der Waals surface area contributed by atoms with Crippen LogP contribution in [-0.4, -0.2) is 16.0 Å². The van der Waals surface area contributed by atoms with E-state index in [9.17, 15) is 8.78 Å². The van der Waals surface area contributed by atoms with Gasteiger partial charge < -0.3 is 4.74 Å². The fourth-order valence-electron chi connectivity index (χ4n) is 2.75. The van der Waals surface area contributed by atoms with Crippen molar-refractivity contribution in [1.29, 1.82) is 0 Å². The summed E-state index contributed by atoms with van der Waals surface area (Å²) < 4.78 is 30.8. The third-order valence-electron chi connectivity index (χ3n) is 3.69. The average Bonchev–Trinajstić information content (AvgIpc) is 3.10. The third-order valence-corrected chi connectivity index (χ3v) is 4.85. The summed E-state index contributed by atoms with van der Waals surface area (Å²) >= 11 is 1.74. The van der Waals surface area contributed by atoms with Gasteiger partial charge in [-0.15, -0.1) is 11.3 Å². The van der Waals surface area contributed by atoms with Crippen molar-refractivity contribution >= 4 is 16.3 Å². The van der Waals surface area contributed by atoms with E-state index in [4.69, 9.17) is 0 Å². The predicted molar refractivity (Wildman–Crippen MR) is 77.2 cm³/mol. The molecule has 21 heavy (non-hydrogen) atoms. The molecule has 1 aliphatic rings. The zero-order valence-corrected chi connectivity index (χ0v) is 11.9. The van der Waals surface area contributed by atoms with Gasteiger partial charge in [0.25, 0.3) is 0 Å². The molecule has 2 heterocycles. The van der Waals surface area contributed by atoms with Crippen LogP contribution in [0.1, 0.15) is 17.0 Å². The minimum Gasteiger partial charge on any atom is -0.435 e. The Labute approximate surface area is 123 Å². The number of aryl methyl sites for hydroxylation is 2. The van der Waals surface area contributed by atoms with E-state index < -0.39 is 6.61 Å². The number of thiazole rings is 1. The second kappa shape index (κ2) is 4.80. The number of benzene rings is 1. The molecular formula is C15H12F2N2OS. The van der Waals surface area contributed by atoms with Crippen molar-refractivity contribution in [3.8, 4) is 17.0 Å². The van der Waals surface area contributed by atoms with Crippen molar-refractivity contribution in [2.24, 2.45) is 0 Å². The Morgan fingerprint density at radius 1 is 1.19 bits per heavy atom. The van der Waals surface area contributed by atoms with Gasteiger partial charge in [0.05, 0.1) is 5.69 Å². The van der Waals surface area contributed by atoms with Gasteiger partial charge in [0.15, 0.2) is 4.96 Å². The molecule has 1 aliphatic carbocycles. The normalized spacial score (nSPS) is 14.0. The SMILES string of the molecule is FC(F)Oc1ccc(-c2cn3c4c(sc3n2)CCC4)cc1. The Kier molecular flexibility index (Phi) is 2.92.